The molecule has 0 aliphatic rings. The molecule has 6 nitrogen and oxygen atoms in total. The molecular weight excluding hydrogens is 210 g/mol. The number of methoxy groups -OCH3 is 1. The summed E-state index contributed by atoms with van der Waals surface area (Å²) in [5.74, 6) is 0.107. The van der Waals surface area contributed by atoms with Crippen LogP contribution in [0.5, 0.6) is 0 Å². The maximum atomic E-state index is 11.1. The molecule has 1 aromatic heterocycles. The van der Waals surface area contributed by atoms with Crippen LogP contribution in [0.4, 0.5) is 5.82 Å². The number of nitrogens with zero attached hydrogens (tertiary/aromatic N) is 2. The molecule has 1 aromatic rings. The Morgan fingerprint density at radius 3 is 3.06 bits per heavy atom. The first-order valence-corrected chi connectivity index (χ1v) is 4.93. The Labute approximate surface area is 93.7 Å². The fourth-order valence-corrected chi connectivity index (χ4v) is 0.990. The molecule has 0 aliphatic carbocycles. The quantitative estimate of drug-likeness (QED) is 0.701. The Kier molecular flexibility index (Phi) is 4.65. The van der Waals surface area contributed by atoms with Crippen molar-refractivity contribution in [2.75, 3.05) is 25.6 Å². The average molecular weight is 225 g/mol. The van der Waals surface area contributed by atoms with Gasteiger partial charge >= 0.3 is 5.97 Å². The van der Waals surface area contributed by atoms with Gasteiger partial charge in [-0.3, -0.25) is 0 Å². The van der Waals surface area contributed by atoms with Gasteiger partial charge in [0.25, 0.3) is 0 Å². The number of anilines is 1. The number of aliphatic hydroxyl groups excluding tert-OH is 1. The van der Waals surface area contributed by atoms with Crippen molar-refractivity contribution >= 4 is 11.8 Å². The van der Waals surface area contributed by atoms with Crippen LogP contribution in [0.15, 0.2) is 12.3 Å². The molecule has 0 saturated heterocycles. The molecule has 0 spiro atoms. The highest BCUT2D eigenvalue weighted by Crippen LogP contribution is 2.04. The first-order valence-electron chi connectivity index (χ1n) is 4.93. The SMILES string of the molecule is COC(=O)c1nccc(NCC(C)CO)n1. The summed E-state index contributed by atoms with van der Waals surface area (Å²) in [4.78, 5) is 18.9. The largest absolute Gasteiger partial charge is 0.463 e. The molecule has 2 N–H and O–H groups in total. The molecule has 1 heterocycles. The fraction of sp³-hybridized carbons (Fsp3) is 0.500. The maximum Gasteiger partial charge on any atom is 0.376 e. The van der Waals surface area contributed by atoms with E-state index in [0.29, 0.717) is 12.4 Å². The van der Waals surface area contributed by atoms with E-state index in [0.717, 1.165) is 0 Å². The van der Waals surface area contributed by atoms with Gasteiger partial charge in [-0.1, -0.05) is 6.92 Å². The Balaban J connectivity index is 2.64. The average Bonchev–Trinajstić information content (AvgIpc) is 2.35. The number of carbonyl (C=O) groups is 1. The number of rotatable bonds is 5. The van der Waals surface area contributed by atoms with Gasteiger partial charge < -0.3 is 15.2 Å². The van der Waals surface area contributed by atoms with E-state index in [1.807, 2.05) is 6.92 Å². The maximum absolute atomic E-state index is 11.1. The highest BCUT2D eigenvalue weighted by molar-refractivity contribution is 5.85. The third kappa shape index (κ3) is 3.47. The number of carbonyl (C=O) groups excluding carboxylic acids is 1. The predicted octanol–water partition coefficient (Wildman–Crippen LogP) is 0.303. The second-order valence-electron chi connectivity index (χ2n) is 3.43. The zero-order valence-corrected chi connectivity index (χ0v) is 9.30. The van der Waals surface area contributed by atoms with E-state index >= 15 is 0 Å². The standard InChI is InChI=1S/C10H15N3O3/c1-7(6-14)5-12-8-3-4-11-9(13-8)10(15)16-2/h3-4,7,14H,5-6H2,1-2H3,(H,11,12,13). The molecule has 0 aromatic carbocycles. The molecule has 0 fully saturated rings. The monoisotopic (exact) mass is 225 g/mol. The van der Waals surface area contributed by atoms with Gasteiger partial charge in [0.15, 0.2) is 0 Å². The summed E-state index contributed by atoms with van der Waals surface area (Å²) in [5.41, 5.74) is 0. The number of hydrogen-bond donors (Lipinski definition) is 2. The lowest BCUT2D eigenvalue weighted by atomic mass is 10.2. The van der Waals surface area contributed by atoms with Gasteiger partial charge in [-0.2, -0.15) is 0 Å². The molecule has 16 heavy (non-hydrogen) atoms. The third-order valence-electron chi connectivity index (χ3n) is 1.97. The van der Waals surface area contributed by atoms with Crippen molar-refractivity contribution in [2.45, 2.75) is 6.92 Å². The Hall–Kier alpha value is -1.69. The zero-order valence-electron chi connectivity index (χ0n) is 9.30. The molecule has 1 unspecified atom stereocenters. The number of aromatic nitrogens is 2. The van der Waals surface area contributed by atoms with E-state index in [2.05, 4.69) is 20.0 Å². The van der Waals surface area contributed by atoms with Crippen LogP contribution in [-0.4, -0.2) is 41.3 Å². The van der Waals surface area contributed by atoms with E-state index in [1.54, 1.807) is 6.07 Å². The Bertz CT molecular complexity index is 357. The van der Waals surface area contributed by atoms with Crippen LogP contribution >= 0.6 is 0 Å². The first kappa shape index (κ1) is 12.4. The lowest BCUT2D eigenvalue weighted by Gasteiger charge is -2.10. The van der Waals surface area contributed by atoms with Crippen molar-refractivity contribution in [2.24, 2.45) is 5.92 Å². The molecule has 0 saturated carbocycles. The van der Waals surface area contributed by atoms with Gasteiger partial charge in [0, 0.05) is 19.3 Å². The smallest absolute Gasteiger partial charge is 0.376 e. The van der Waals surface area contributed by atoms with Crippen LogP contribution in [0.2, 0.25) is 0 Å². The van der Waals surface area contributed by atoms with Gasteiger partial charge in [-0.05, 0) is 12.0 Å². The molecule has 0 radical (unpaired) electrons. The van der Waals surface area contributed by atoms with Crippen LogP contribution < -0.4 is 5.32 Å². The second kappa shape index (κ2) is 6.02. The topological polar surface area (TPSA) is 84.3 Å². The minimum absolute atomic E-state index is 0.0177. The van der Waals surface area contributed by atoms with Crippen molar-refractivity contribution in [1.82, 2.24) is 9.97 Å². The Morgan fingerprint density at radius 1 is 1.69 bits per heavy atom. The molecule has 6 heteroatoms. The van der Waals surface area contributed by atoms with Crippen LogP contribution in [0, 0.1) is 5.92 Å². The van der Waals surface area contributed by atoms with E-state index in [-0.39, 0.29) is 18.3 Å². The molecule has 88 valence electrons. The van der Waals surface area contributed by atoms with E-state index < -0.39 is 5.97 Å². The summed E-state index contributed by atoms with van der Waals surface area (Å²) in [6, 6.07) is 1.65. The molecule has 0 aliphatic heterocycles. The molecular formula is C10H15N3O3. The van der Waals surface area contributed by atoms with Crippen LogP contribution in [-0.2, 0) is 4.74 Å². The van der Waals surface area contributed by atoms with Crippen molar-refractivity contribution in [3.63, 3.8) is 0 Å². The zero-order chi connectivity index (χ0) is 12.0. The predicted molar refractivity (Wildman–Crippen MR) is 58.1 cm³/mol. The van der Waals surface area contributed by atoms with Crippen LogP contribution in [0.1, 0.15) is 17.5 Å². The molecule has 0 amide bonds. The van der Waals surface area contributed by atoms with Crippen molar-refractivity contribution < 1.29 is 14.6 Å². The number of hydrogen-bond acceptors (Lipinski definition) is 6. The van der Waals surface area contributed by atoms with Crippen molar-refractivity contribution in [1.29, 1.82) is 0 Å². The van der Waals surface area contributed by atoms with Crippen LogP contribution in [0.3, 0.4) is 0 Å². The van der Waals surface area contributed by atoms with Gasteiger partial charge in [0.1, 0.15) is 5.82 Å². The minimum Gasteiger partial charge on any atom is -0.463 e. The second-order valence-corrected chi connectivity index (χ2v) is 3.43. The highest BCUT2D eigenvalue weighted by atomic mass is 16.5. The summed E-state index contributed by atoms with van der Waals surface area (Å²) in [6.07, 6.45) is 1.48. The molecule has 1 atom stereocenters. The van der Waals surface area contributed by atoms with E-state index in [9.17, 15) is 4.79 Å². The van der Waals surface area contributed by atoms with E-state index in [1.165, 1.54) is 13.3 Å². The van der Waals surface area contributed by atoms with Gasteiger partial charge in [0.2, 0.25) is 5.82 Å². The Morgan fingerprint density at radius 2 is 2.44 bits per heavy atom. The highest BCUT2D eigenvalue weighted by Gasteiger charge is 2.09. The van der Waals surface area contributed by atoms with Gasteiger partial charge in [-0.15, -0.1) is 0 Å². The normalized spacial score (nSPS) is 11.9. The molecule has 0 bridgehead atoms. The first-order chi connectivity index (χ1) is 7.67. The number of esters is 1. The van der Waals surface area contributed by atoms with Crippen molar-refractivity contribution in [3.05, 3.63) is 18.1 Å². The van der Waals surface area contributed by atoms with E-state index in [4.69, 9.17) is 5.11 Å². The fourth-order valence-electron chi connectivity index (χ4n) is 0.990. The summed E-state index contributed by atoms with van der Waals surface area (Å²) in [6.45, 7) is 2.57. The van der Waals surface area contributed by atoms with Gasteiger partial charge in [0.05, 0.1) is 7.11 Å². The summed E-state index contributed by atoms with van der Waals surface area (Å²) in [7, 11) is 1.28. The third-order valence-corrected chi connectivity index (χ3v) is 1.97. The van der Waals surface area contributed by atoms with Crippen molar-refractivity contribution in [3.8, 4) is 0 Å². The summed E-state index contributed by atoms with van der Waals surface area (Å²) >= 11 is 0. The lowest BCUT2D eigenvalue weighted by Crippen LogP contribution is -2.16. The number of nitrogens with one attached hydrogen (secondary N) is 1. The number of ether oxygens (including phenoxy) is 1. The lowest BCUT2D eigenvalue weighted by molar-refractivity contribution is 0.0587. The molecule has 1 rings (SSSR count). The van der Waals surface area contributed by atoms with Crippen LogP contribution in [0.25, 0.3) is 0 Å². The summed E-state index contributed by atoms with van der Waals surface area (Å²) in [5, 5.41) is 11.8. The van der Waals surface area contributed by atoms with Gasteiger partial charge in [-0.25, -0.2) is 14.8 Å². The summed E-state index contributed by atoms with van der Waals surface area (Å²) < 4.78 is 4.51. The minimum atomic E-state index is -0.571. The number of aliphatic hydroxyl groups is 1.